The average molecular weight is 316 g/mol. The third kappa shape index (κ3) is 3.93. The number of piperidine rings is 1. The van der Waals surface area contributed by atoms with E-state index in [0.29, 0.717) is 12.3 Å². The van der Waals surface area contributed by atoms with Gasteiger partial charge in [0, 0.05) is 25.6 Å². The fraction of sp³-hybridized carbons (Fsp3) is 0.632. The molecule has 0 spiro atoms. The molecule has 1 saturated heterocycles. The third-order valence-electron chi connectivity index (χ3n) is 5.63. The molecule has 0 aromatic heterocycles. The molecule has 4 heteroatoms. The first-order valence-electron chi connectivity index (χ1n) is 8.91. The molecule has 2 aliphatic rings. The van der Waals surface area contributed by atoms with Gasteiger partial charge >= 0.3 is 0 Å². The monoisotopic (exact) mass is 316 g/mol. The van der Waals surface area contributed by atoms with Crippen LogP contribution in [-0.4, -0.2) is 35.0 Å². The maximum atomic E-state index is 12.5. The summed E-state index contributed by atoms with van der Waals surface area (Å²) in [6.07, 6.45) is 5.24. The smallest absolute Gasteiger partial charge is 0.222 e. The lowest BCUT2D eigenvalue weighted by Crippen LogP contribution is -2.41. The standard InChI is InChI=1S/C19H28N2O2/c20-17-8-4-7-16(17)13-18(22)21-11-9-15(10-12-21)19(23)14-5-2-1-3-6-14/h1-3,5-6,15-17,19,23H,4,7-13,20H2/t16-,17+,19?/m0/s1. The average Bonchev–Trinajstić information content (AvgIpc) is 3.00. The van der Waals surface area contributed by atoms with Crippen LogP contribution < -0.4 is 5.73 Å². The van der Waals surface area contributed by atoms with Crippen molar-refractivity contribution in [3.63, 3.8) is 0 Å². The van der Waals surface area contributed by atoms with Crippen molar-refractivity contribution in [3.8, 4) is 0 Å². The molecule has 1 amide bonds. The zero-order chi connectivity index (χ0) is 16.2. The van der Waals surface area contributed by atoms with Crippen molar-refractivity contribution >= 4 is 5.91 Å². The highest BCUT2D eigenvalue weighted by Crippen LogP contribution is 2.32. The number of aliphatic hydroxyl groups excluding tert-OH is 1. The fourth-order valence-electron chi connectivity index (χ4n) is 4.06. The minimum absolute atomic E-state index is 0.205. The summed E-state index contributed by atoms with van der Waals surface area (Å²) in [5.41, 5.74) is 7.06. The van der Waals surface area contributed by atoms with E-state index in [2.05, 4.69) is 0 Å². The lowest BCUT2D eigenvalue weighted by Gasteiger charge is -2.35. The number of amides is 1. The first-order chi connectivity index (χ1) is 11.1. The maximum absolute atomic E-state index is 12.5. The summed E-state index contributed by atoms with van der Waals surface area (Å²) in [6.45, 7) is 1.52. The molecule has 1 aliphatic carbocycles. The Bertz CT molecular complexity index is 511. The Hall–Kier alpha value is -1.39. The van der Waals surface area contributed by atoms with Gasteiger partial charge in [0.15, 0.2) is 0 Å². The highest BCUT2D eigenvalue weighted by atomic mass is 16.3. The minimum Gasteiger partial charge on any atom is -0.388 e. The fourth-order valence-corrected chi connectivity index (χ4v) is 4.06. The summed E-state index contributed by atoms with van der Waals surface area (Å²) < 4.78 is 0. The molecule has 3 atom stereocenters. The highest BCUT2D eigenvalue weighted by Gasteiger charge is 2.31. The molecular formula is C19H28N2O2. The van der Waals surface area contributed by atoms with E-state index in [4.69, 9.17) is 5.73 Å². The Morgan fingerprint density at radius 2 is 1.87 bits per heavy atom. The van der Waals surface area contributed by atoms with Gasteiger partial charge in [-0.1, -0.05) is 36.8 Å². The van der Waals surface area contributed by atoms with Gasteiger partial charge in [0.2, 0.25) is 5.91 Å². The van der Waals surface area contributed by atoms with E-state index in [0.717, 1.165) is 50.8 Å². The molecule has 0 bridgehead atoms. The van der Waals surface area contributed by atoms with Gasteiger partial charge in [-0.05, 0) is 43.1 Å². The van der Waals surface area contributed by atoms with E-state index in [1.54, 1.807) is 0 Å². The van der Waals surface area contributed by atoms with Crippen LogP contribution in [0.5, 0.6) is 0 Å². The molecule has 1 unspecified atom stereocenters. The Balaban J connectivity index is 1.49. The van der Waals surface area contributed by atoms with E-state index in [-0.39, 0.29) is 17.9 Å². The Labute approximate surface area is 138 Å². The molecule has 2 fully saturated rings. The van der Waals surface area contributed by atoms with Gasteiger partial charge < -0.3 is 15.7 Å². The Kier molecular flexibility index (Phi) is 5.34. The van der Waals surface area contributed by atoms with Crippen LogP contribution in [0.1, 0.15) is 50.2 Å². The van der Waals surface area contributed by atoms with Crippen LogP contribution in [0, 0.1) is 11.8 Å². The number of hydrogen-bond acceptors (Lipinski definition) is 3. The topological polar surface area (TPSA) is 66.6 Å². The molecule has 0 radical (unpaired) electrons. The second-order valence-corrected chi connectivity index (χ2v) is 7.13. The van der Waals surface area contributed by atoms with E-state index in [9.17, 15) is 9.90 Å². The first-order valence-corrected chi connectivity index (χ1v) is 8.91. The first kappa shape index (κ1) is 16.5. The van der Waals surface area contributed by atoms with Crippen molar-refractivity contribution in [1.29, 1.82) is 0 Å². The number of benzene rings is 1. The largest absolute Gasteiger partial charge is 0.388 e. The van der Waals surface area contributed by atoms with Gasteiger partial charge in [-0.15, -0.1) is 0 Å². The number of nitrogens with zero attached hydrogens (tertiary/aromatic N) is 1. The summed E-state index contributed by atoms with van der Waals surface area (Å²) in [6, 6.07) is 10.0. The van der Waals surface area contributed by atoms with Crippen LogP contribution in [0.4, 0.5) is 0 Å². The number of rotatable bonds is 4. The van der Waals surface area contributed by atoms with Crippen molar-refractivity contribution < 1.29 is 9.90 Å². The zero-order valence-corrected chi connectivity index (χ0v) is 13.7. The minimum atomic E-state index is -0.420. The van der Waals surface area contributed by atoms with Gasteiger partial charge in [-0.3, -0.25) is 4.79 Å². The van der Waals surface area contributed by atoms with Crippen LogP contribution >= 0.6 is 0 Å². The number of nitrogens with two attached hydrogens (primary N) is 1. The summed E-state index contributed by atoms with van der Waals surface area (Å²) in [5.74, 6) is 0.866. The predicted molar refractivity (Wildman–Crippen MR) is 90.6 cm³/mol. The van der Waals surface area contributed by atoms with Crippen LogP contribution in [-0.2, 0) is 4.79 Å². The Morgan fingerprint density at radius 3 is 2.48 bits per heavy atom. The van der Waals surface area contributed by atoms with Gasteiger partial charge in [0.25, 0.3) is 0 Å². The van der Waals surface area contributed by atoms with Crippen LogP contribution in [0.2, 0.25) is 0 Å². The highest BCUT2D eigenvalue weighted by molar-refractivity contribution is 5.76. The van der Waals surface area contributed by atoms with Crippen molar-refractivity contribution in [2.24, 2.45) is 17.6 Å². The van der Waals surface area contributed by atoms with Gasteiger partial charge in [-0.25, -0.2) is 0 Å². The summed E-state index contributed by atoms with van der Waals surface area (Å²) in [5, 5.41) is 10.5. The van der Waals surface area contributed by atoms with Crippen molar-refractivity contribution in [1.82, 2.24) is 4.90 Å². The number of aliphatic hydroxyl groups is 1. The van der Waals surface area contributed by atoms with E-state index < -0.39 is 6.10 Å². The molecule has 1 heterocycles. The van der Waals surface area contributed by atoms with Crippen molar-refractivity contribution in [3.05, 3.63) is 35.9 Å². The van der Waals surface area contributed by atoms with E-state index in [1.165, 1.54) is 0 Å². The lowest BCUT2D eigenvalue weighted by atomic mass is 9.87. The number of likely N-dealkylation sites (tertiary alicyclic amines) is 1. The normalized spacial score (nSPS) is 27.1. The second-order valence-electron chi connectivity index (χ2n) is 7.13. The molecule has 4 nitrogen and oxygen atoms in total. The molecule has 3 N–H and O–H groups in total. The van der Waals surface area contributed by atoms with Crippen LogP contribution in [0.15, 0.2) is 30.3 Å². The van der Waals surface area contributed by atoms with Gasteiger partial charge in [0.05, 0.1) is 6.10 Å². The SMILES string of the molecule is N[C@@H]1CCC[C@H]1CC(=O)N1CCC(C(O)c2ccccc2)CC1. The number of hydrogen-bond donors (Lipinski definition) is 2. The summed E-state index contributed by atoms with van der Waals surface area (Å²) in [7, 11) is 0. The molecule has 1 aliphatic heterocycles. The van der Waals surface area contributed by atoms with Crippen LogP contribution in [0.25, 0.3) is 0 Å². The second kappa shape index (κ2) is 7.45. The molecular weight excluding hydrogens is 288 g/mol. The molecule has 1 aromatic carbocycles. The van der Waals surface area contributed by atoms with Crippen molar-refractivity contribution in [2.45, 2.75) is 50.7 Å². The summed E-state index contributed by atoms with van der Waals surface area (Å²) in [4.78, 5) is 14.4. The summed E-state index contributed by atoms with van der Waals surface area (Å²) >= 11 is 0. The Morgan fingerprint density at radius 1 is 1.17 bits per heavy atom. The van der Waals surface area contributed by atoms with Crippen molar-refractivity contribution in [2.75, 3.05) is 13.1 Å². The quantitative estimate of drug-likeness (QED) is 0.897. The van der Waals surface area contributed by atoms with Crippen LogP contribution in [0.3, 0.4) is 0 Å². The lowest BCUT2D eigenvalue weighted by molar-refractivity contribution is -0.134. The molecule has 3 rings (SSSR count). The van der Waals surface area contributed by atoms with Gasteiger partial charge in [-0.2, -0.15) is 0 Å². The number of carbonyl (C=O) groups excluding carboxylic acids is 1. The van der Waals surface area contributed by atoms with E-state index in [1.807, 2.05) is 35.2 Å². The zero-order valence-electron chi connectivity index (χ0n) is 13.7. The number of carbonyl (C=O) groups is 1. The molecule has 23 heavy (non-hydrogen) atoms. The van der Waals surface area contributed by atoms with E-state index >= 15 is 0 Å². The molecule has 126 valence electrons. The maximum Gasteiger partial charge on any atom is 0.222 e. The predicted octanol–water partition coefficient (Wildman–Crippen LogP) is 2.48. The molecule has 1 saturated carbocycles. The third-order valence-corrected chi connectivity index (χ3v) is 5.63. The van der Waals surface area contributed by atoms with Gasteiger partial charge in [0.1, 0.15) is 0 Å². The molecule has 1 aromatic rings.